The number of fused-ring (bicyclic) bond motifs is 2. The Kier molecular flexibility index (Phi) is 18.1. The molecular weight excluding hydrogens is 681 g/mol. The zero-order valence-electron chi connectivity index (χ0n) is 34.8. The number of hydrogen-bond donors (Lipinski definition) is 1. The van der Waals surface area contributed by atoms with Crippen LogP contribution in [0.4, 0.5) is 28.4 Å². The average molecular weight is 750 g/mol. The molecule has 0 spiro atoms. The van der Waals surface area contributed by atoms with E-state index < -0.39 is 0 Å². The molecule has 3 aromatic carbocycles. The van der Waals surface area contributed by atoms with E-state index in [0.717, 1.165) is 74.9 Å². The molecule has 0 saturated heterocycles. The Balaban J connectivity index is 0.000000241. The van der Waals surface area contributed by atoms with Crippen molar-refractivity contribution in [1.29, 1.82) is 0 Å². The first kappa shape index (κ1) is 42.6. The lowest BCUT2D eigenvalue weighted by molar-refractivity contribution is 0.557. The van der Waals surface area contributed by atoms with Gasteiger partial charge in [-0.3, -0.25) is 0 Å². The van der Waals surface area contributed by atoms with Gasteiger partial charge in [0.05, 0.1) is 20.8 Å². The summed E-state index contributed by atoms with van der Waals surface area (Å²) in [5.74, 6) is 0. The highest BCUT2D eigenvalue weighted by molar-refractivity contribution is 7.21. The molecule has 0 saturated carbocycles. The fraction of sp³-hybridized carbons (Fsp3) is 0.489. The molecule has 1 heterocycles. The molecule has 292 valence electrons. The molecule has 3 aromatic rings. The normalized spacial score (nSPS) is 11.0. The third-order valence-electron chi connectivity index (χ3n) is 9.67. The highest BCUT2D eigenvalue weighted by atomic mass is 32.1. The number of nitrogens with zero attached hydrogens (tertiary/aromatic N) is 5. The first-order valence-corrected chi connectivity index (χ1v) is 21.9. The van der Waals surface area contributed by atoms with Crippen LogP contribution in [0.5, 0.6) is 0 Å². The van der Waals surface area contributed by atoms with Crippen LogP contribution in [0, 0.1) is 0 Å². The molecule has 0 fully saturated rings. The second-order valence-corrected chi connectivity index (χ2v) is 15.4. The van der Waals surface area contributed by atoms with E-state index in [0.29, 0.717) is 0 Å². The number of anilines is 5. The average Bonchev–Trinajstić information content (AvgIpc) is 3.19. The maximum atomic E-state index is 4.92. The van der Waals surface area contributed by atoms with E-state index in [2.05, 4.69) is 165 Å². The highest BCUT2D eigenvalue weighted by Crippen LogP contribution is 2.32. The van der Waals surface area contributed by atoms with E-state index >= 15 is 0 Å². The summed E-state index contributed by atoms with van der Waals surface area (Å²) >= 11 is 1.86. The van der Waals surface area contributed by atoms with Gasteiger partial charge >= 0.3 is 0 Å². The number of benzene rings is 4. The zero-order valence-corrected chi connectivity index (χ0v) is 35.7. The van der Waals surface area contributed by atoms with Gasteiger partial charge < -0.3 is 20.0 Å². The molecule has 7 heteroatoms. The lowest BCUT2D eigenvalue weighted by Gasteiger charge is -2.24. The third-order valence-corrected chi connectivity index (χ3v) is 10.8. The molecule has 0 unspecified atom stereocenters. The molecule has 0 atom stereocenters. The van der Waals surface area contributed by atoms with Crippen LogP contribution in [-0.2, 0) is 0 Å². The maximum absolute atomic E-state index is 4.92. The Hall–Kier alpha value is -4.10. The molecule has 0 radical (unpaired) electrons. The summed E-state index contributed by atoms with van der Waals surface area (Å²) in [6.07, 6.45) is 8.23. The summed E-state index contributed by atoms with van der Waals surface area (Å²) < 4.78 is 3.76. The van der Waals surface area contributed by atoms with Gasteiger partial charge in [-0.05, 0) is 112 Å². The summed E-state index contributed by atoms with van der Waals surface area (Å²) in [6.45, 7) is 26.8. The van der Waals surface area contributed by atoms with Crippen molar-refractivity contribution in [1.82, 2.24) is 9.56 Å². The van der Waals surface area contributed by atoms with Crippen molar-refractivity contribution in [3.8, 4) is 10.6 Å². The topological polar surface area (TPSA) is 37.7 Å². The summed E-state index contributed by atoms with van der Waals surface area (Å²) in [6, 6.07) is 31.1. The van der Waals surface area contributed by atoms with Crippen molar-refractivity contribution >= 4 is 50.0 Å². The molecule has 5 rings (SSSR count). The monoisotopic (exact) mass is 750 g/mol. The van der Waals surface area contributed by atoms with Gasteiger partial charge in [0, 0.05) is 92.7 Å². The van der Waals surface area contributed by atoms with Crippen molar-refractivity contribution < 1.29 is 0 Å². The molecule has 54 heavy (non-hydrogen) atoms. The Morgan fingerprint density at radius 1 is 0.519 bits per heavy atom. The predicted octanol–water partition coefficient (Wildman–Crippen LogP) is 11.9. The standard InChI is InChI=1S/C24H37N3.C23H32N3S/c1-5-17-26(18-6-2)23-13-9-21(10-14-23)25-22-11-15-24(16-12-22)27(19-7-3)20-8-4;1-5-13-25(8-4)18-9-11-20-22(16-18)27-23-17-19(10-12-21(23)24-20)26(14-6-2)15-7-3/h9-16,25H,5-8,17-20H2,1-4H3;9-12,16-17H,5-8,13-15H2,1-4H3/q;+1. The lowest BCUT2D eigenvalue weighted by atomic mass is 10.2. The second-order valence-electron chi connectivity index (χ2n) is 14.3. The molecule has 0 bridgehead atoms. The number of hydrogen-bond acceptors (Lipinski definition) is 6. The minimum atomic E-state index is 1.04. The molecule has 0 amide bonds. The van der Waals surface area contributed by atoms with Crippen LogP contribution in [-0.4, -0.2) is 57.3 Å². The van der Waals surface area contributed by atoms with E-state index in [1.54, 1.807) is 0 Å². The van der Waals surface area contributed by atoms with Crippen LogP contribution in [0.2, 0.25) is 0 Å². The Bertz CT molecular complexity index is 1750. The number of nitrogens with one attached hydrogen (secondary N) is 1. The van der Waals surface area contributed by atoms with Gasteiger partial charge in [0.25, 0.3) is 0 Å². The second kappa shape index (κ2) is 23.0. The van der Waals surface area contributed by atoms with Gasteiger partial charge in [-0.15, -0.1) is 11.3 Å². The Labute approximate surface area is 331 Å². The van der Waals surface area contributed by atoms with Gasteiger partial charge in [0.1, 0.15) is 13.1 Å². The van der Waals surface area contributed by atoms with Crippen molar-refractivity contribution in [2.45, 2.75) is 100 Å². The number of rotatable bonds is 20. The van der Waals surface area contributed by atoms with E-state index in [1.165, 1.54) is 76.9 Å². The van der Waals surface area contributed by atoms with Crippen molar-refractivity contribution in [3.05, 3.63) is 90.3 Å². The molecule has 1 aliphatic carbocycles. The first-order valence-electron chi connectivity index (χ1n) is 21.1. The van der Waals surface area contributed by atoms with Crippen LogP contribution in [0.1, 0.15) is 100 Å². The van der Waals surface area contributed by atoms with Crippen LogP contribution in [0.15, 0.2) is 84.9 Å². The van der Waals surface area contributed by atoms with Gasteiger partial charge in [-0.1, -0.05) is 48.5 Å². The minimum Gasteiger partial charge on any atom is -0.372 e. The predicted molar refractivity (Wildman–Crippen MR) is 242 cm³/mol. The van der Waals surface area contributed by atoms with E-state index in [-0.39, 0.29) is 0 Å². The van der Waals surface area contributed by atoms with Gasteiger partial charge in [-0.25, -0.2) is 9.56 Å². The SMILES string of the molecule is CCCN(CC)c1ccc2nc3ccc(=[N+](CCC)CCC)cc-3sc2c1.CCCN(CCC)c1ccc(Nc2ccc(N(CCC)CCC)cc2)cc1. The lowest BCUT2D eigenvalue weighted by Crippen LogP contribution is -2.31. The highest BCUT2D eigenvalue weighted by Gasteiger charge is 2.13. The van der Waals surface area contributed by atoms with E-state index in [1.807, 2.05) is 11.3 Å². The van der Waals surface area contributed by atoms with Crippen molar-refractivity contribution in [2.75, 3.05) is 72.4 Å². The maximum Gasteiger partial charge on any atom is 0.201 e. The van der Waals surface area contributed by atoms with Crippen LogP contribution >= 0.6 is 11.3 Å². The molecule has 6 nitrogen and oxygen atoms in total. The quantitative estimate of drug-likeness (QED) is 0.0633. The smallest absolute Gasteiger partial charge is 0.201 e. The number of aromatic nitrogens is 1. The third kappa shape index (κ3) is 12.2. The van der Waals surface area contributed by atoms with E-state index in [9.17, 15) is 0 Å². The summed E-state index contributed by atoms with van der Waals surface area (Å²) in [5, 5.41) is 4.85. The summed E-state index contributed by atoms with van der Waals surface area (Å²) in [4.78, 5) is 13.6. The molecule has 1 aliphatic heterocycles. The minimum absolute atomic E-state index is 1.04. The van der Waals surface area contributed by atoms with E-state index in [4.69, 9.17) is 4.98 Å². The summed E-state index contributed by atoms with van der Waals surface area (Å²) in [7, 11) is 0. The molecule has 1 N–H and O–H groups in total. The molecule has 2 aliphatic rings. The fourth-order valence-electron chi connectivity index (χ4n) is 7.14. The Morgan fingerprint density at radius 3 is 1.46 bits per heavy atom. The van der Waals surface area contributed by atoms with Gasteiger partial charge in [0.2, 0.25) is 5.36 Å². The van der Waals surface area contributed by atoms with Gasteiger partial charge in [-0.2, -0.15) is 0 Å². The largest absolute Gasteiger partial charge is 0.372 e. The van der Waals surface area contributed by atoms with Crippen molar-refractivity contribution in [2.24, 2.45) is 0 Å². The molecule has 0 aromatic heterocycles. The Morgan fingerprint density at radius 2 is 1.00 bits per heavy atom. The van der Waals surface area contributed by atoms with Crippen LogP contribution < -0.4 is 29.9 Å². The molecular formula is C47H69N6S+. The first-order chi connectivity index (χ1) is 26.4. The zero-order chi connectivity index (χ0) is 38.7. The van der Waals surface area contributed by atoms with Crippen molar-refractivity contribution in [3.63, 3.8) is 0 Å². The van der Waals surface area contributed by atoms with Crippen LogP contribution in [0.3, 0.4) is 0 Å². The van der Waals surface area contributed by atoms with Crippen LogP contribution in [0.25, 0.3) is 20.8 Å². The summed E-state index contributed by atoms with van der Waals surface area (Å²) in [5.41, 5.74) is 8.40. The van der Waals surface area contributed by atoms with Gasteiger partial charge in [0.15, 0.2) is 0 Å². The fourth-order valence-corrected chi connectivity index (χ4v) is 8.18.